The lowest BCUT2D eigenvalue weighted by atomic mass is 10.1. The fourth-order valence-electron chi connectivity index (χ4n) is 1.95. The lowest BCUT2D eigenvalue weighted by Gasteiger charge is -2.07. The van der Waals surface area contributed by atoms with E-state index >= 15 is 0 Å². The number of hydrazone groups is 1. The average Bonchev–Trinajstić information content (AvgIpc) is 2.57. The first kappa shape index (κ1) is 17.5. The number of amides is 1. The molecule has 0 fully saturated rings. The van der Waals surface area contributed by atoms with E-state index in [0.717, 1.165) is 11.1 Å². The van der Waals surface area contributed by atoms with Gasteiger partial charge in [-0.05, 0) is 47.5 Å². The number of methoxy groups -OCH3 is 1. The van der Waals surface area contributed by atoms with Crippen molar-refractivity contribution in [1.29, 1.82) is 0 Å². The van der Waals surface area contributed by atoms with Crippen molar-refractivity contribution in [3.05, 3.63) is 59.7 Å². The van der Waals surface area contributed by atoms with Crippen molar-refractivity contribution >= 4 is 12.1 Å². The summed E-state index contributed by atoms with van der Waals surface area (Å²) in [5, 5.41) is 13.1. The van der Waals surface area contributed by atoms with E-state index in [0.29, 0.717) is 19.0 Å². The van der Waals surface area contributed by atoms with E-state index in [1.165, 1.54) is 6.21 Å². The highest BCUT2D eigenvalue weighted by Crippen LogP contribution is 2.13. The summed E-state index contributed by atoms with van der Waals surface area (Å²) in [5.74, 6) is 0.660. The summed E-state index contributed by atoms with van der Waals surface area (Å²) in [6.07, 6.45) is 1.72. The van der Waals surface area contributed by atoms with Crippen LogP contribution in [0.2, 0.25) is 0 Å². The van der Waals surface area contributed by atoms with Crippen molar-refractivity contribution in [2.45, 2.75) is 6.42 Å². The zero-order valence-corrected chi connectivity index (χ0v) is 13.4. The van der Waals surface area contributed by atoms with Gasteiger partial charge in [-0.3, -0.25) is 4.79 Å². The molecule has 0 heterocycles. The van der Waals surface area contributed by atoms with E-state index in [4.69, 9.17) is 9.47 Å². The molecule has 6 nitrogen and oxygen atoms in total. The van der Waals surface area contributed by atoms with Crippen molar-refractivity contribution in [3.8, 4) is 11.5 Å². The number of carbonyl (C=O) groups excluding carboxylic acids is 1. The summed E-state index contributed by atoms with van der Waals surface area (Å²) >= 11 is 0. The Hall–Kier alpha value is -2.86. The number of carbonyl (C=O) groups is 1. The number of benzene rings is 2. The molecule has 0 aliphatic rings. The molecule has 0 radical (unpaired) electrons. The molecular formula is C18H20N2O4. The largest absolute Gasteiger partial charge is 0.508 e. The number of rotatable bonds is 8. The van der Waals surface area contributed by atoms with Crippen LogP contribution in [0, 0.1) is 0 Å². The first-order chi connectivity index (χ1) is 11.7. The number of aromatic hydroxyl groups is 1. The van der Waals surface area contributed by atoms with Gasteiger partial charge in [-0.15, -0.1) is 0 Å². The zero-order chi connectivity index (χ0) is 17.2. The first-order valence-electron chi connectivity index (χ1n) is 7.49. The summed E-state index contributed by atoms with van der Waals surface area (Å²) in [6.45, 7) is 0.972. The van der Waals surface area contributed by atoms with Crippen molar-refractivity contribution in [1.82, 2.24) is 5.43 Å². The zero-order valence-electron chi connectivity index (χ0n) is 13.4. The van der Waals surface area contributed by atoms with Gasteiger partial charge in [0.25, 0.3) is 0 Å². The molecule has 1 amide bonds. The van der Waals surface area contributed by atoms with E-state index in [9.17, 15) is 9.90 Å². The molecule has 0 bridgehead atoms. The van der Waals surface area contributed by atoms with Crippen LogP contribution in [-0.4, -0.2) is 37.6 Å². The Morgan fingerprint density at radius 1 is 1.21 bits per heavy atom. The van der Waals surface area contributed by atoms with Crippen molar-refractivity contribution in [2.75, 3.05) is 20.3 Å². The lowest BCUT2D eigenvalue weighted by molar-refractivity contribution is -0.120. The maximum absolute atomic E-state index is 11.9. The van der Waals surface area contributed by atoms with E-state index in [2.05, 4.69) is 10.5 Å². The maximum Gasteiger partial charge on any atom is 0.244 e. The van der Waals surface area contributed by atoms with E-state index < -0.39 is 0 Å². The molecule has 0 saturated heterocycles. The van der Waals surface area contributed by atoms with Crippen LogP contribution in [0.1, 0.15) is 11.1 Å². The Bertz CT molecular complexity index is 684. The standard InChI is InChI=1S/C18H20N2O4/c1-23-9-10-24-17-4-2-3-15(11-17)12-18(22)20-19-13-14-5-7-16(21)8-6-14/h2-8,11,13,21H,9-10,12H2,1H3,(H,20,22)/b19-13+. The monoisotopic (exact) mass is 328 g/mol. The van der Waals surface area contributed by atoms with Crippen LogP contribution in [0.15, 0.2) is 53.6 Å². The third-order valence-corrected chi connectivity index (χ3v) is 3.12. The van der Waals surface area contributed by atoms with Crippen molar-refractivity contribution in [3.63, 3.8) is 0 Å². The van der Waals surface area contributed by atoms with Crippen LogP contribution in [0.4, 0.5) is 0 Å². The predicted octanol–water partition coefficient (Wildman–Crippen LogP) is 2.11. The highest BCUT2D eigenvalue weighted by atomic mass is 16.5. The van der Waals surface area contributed by atoms with Gasteiger partial charge in [-0.2, -0.15) is 5.10 Å². The highest BCUT2D eigenvalue weighted by Gasteiger charge is 2.03. The second kappa shape index (κ2) is 9.32. The molecule has 2 aromatic rings. The van der Waals surface area contributed by atoms with Gasteiger partial charge < -0.3 is 14.6 Å². The van der Waals surface area contributed by atoms with Gasteiger partial charge in [0.2, 0.25) is 5.91 Å². The molecule has 126 valence electrons. The van der Waals surface area contributed by atoms with Gasteiger partial charge in [0.15, 0.2) is 0 Å². The summed E-state index contributed by atoms with van der Waals surface area (Å²) < 4.78 is 10.4. The molecule has 0 saturated carbocycles. The number of hydrogen-bond donors (Lipinski definition) is 2. The normalized spacial score (nSPS) is 10.7. The summed E-state index contributed by atoms with van der Waals surface area (Å²) in [7, 11) is 1.61. The number of nitrogens with zero attached hydrogens (tertiary/aromatic N) is 1. The molecule has 0 aliphatic heterocycles. The fraction of sp³-hybridized carbons (Fsp3) is 0.222. The van der Waals surface area contributed by atoms with Crippen molar-refractivity contribution < 1.29 is 19.4 Å². The number of ether oxygens (including phenoxy) is 2. The second-order valence-electron chi connectivity index (χ2n) is 5.05. The molecule has 24 heavy (non-hydrogen) atoms. The third-order valence-electron chi connectivity index (χ3n) is 3.12. The molecule has 0 aromatic heterocycles. The molecule has 2 N–H and O–H groups in total. The van der Waals surface area contributed by atoms with Crippen molar-refractivity contribution in [2.24, 2.45) is 5.10 Å². The lowest BCUT2D eigenvalue weighted by Crippen LogP contribution is -2.19. The Balaban J connectivity index is 1.83. The number of hydrogen-bond acceptors (Lipinski definition) is 5. The van der Waals surface area contributed by atoms with Gasteiger partial charge >= 0.3 is 0 Å². The van der Waals surface area contributed by atoms with Crippen LogP contribution >= 0.6 is 0 Å². The van der Waals surface area contributed by atoms with Gasteiger partial charge in [-0.25, -0.2) is 5.43 Å². The quantitative estimate of drug-likeness (QED) is 0.442. The van der Waals surface area contributed by atoms with Gasteiger partial charge in [0.05, 0.1) is 19.2 Å². The number of nitrogens with one attached hydrogen (secondary N) is 1. The predicted molar refractivity (Wildman–Crippen MR) is 91.4 cm³/mol. The molecule has 0 atom stereocenters. The van der Waals surface area contributed by atoms with Crippen LogP contribution in [0.25, 0.3) is 0 Å². The Morgan fingerprint density at radius 2 is 2.00 bits per heavy atom. The Morgan fingerprint density at radius 3 is 2.75 bits per heavy atom. The van der Waals surface area contributed by atoms with Gasteiger partial charge in [-0.1, -0.05) is 12.1 Å². The van der Waals surface area contributed by atoms with Crippen LogP contribution < -0.4 is 10.2 Å². The minimum atomic E-state index is -0.223. The highest BCUT2D eigenvalue weighted by molar-refractivity contribution is 5.83. The van der Waals surface area contributed by atoms with Crippen LogP contribution in [0.5, 0.6) is 11.5 Å². The Kier molecular flexibility index (Phi) is 6.79. The number of phenols is 1. The van der Waals surface area contributed by atoms with E-state index in [-0.39, 0.29) is 18.1 Å². The van der Waals surface area contributed by atoms with Gasteiger partial charge in [0.1, 0.15) is 18.1 Å². The topological polar surface area (TPSA) is 80.2 Å². The minimum Gasteiger partial charge on any atom is -0.508 e. The smallest absolute Gasteiger partial charge is 0.244 e. The molecule has 2 rings (SSSR count). The third kappa shape index (κ3) is 6.10. The van der Waals surface area contributed by atoms with Crippen LogP contribution in [0.3, 0.4) is 0 Å². The van der Waals surface area contributed by atoms with Crippen LogP contribution in [-0.2, 0) is 16.0 Å². The molecule has 6 heteroatoms. The minimum absolute atomic E-state index is 0.184. The summed E-state index contributed by atoms with van der Waals surface area (Å²) in [5.41, 5.74) is 4.09. The average molecular weight is 328 g/mol. The molecule has 0 aliphatic carbocycles. The fourth-order valence-corrected chi connectivity index (χ4v) is 1.95. The summed E-state index contributed by atoms with van der Waals surface area (Å²) in [6, 6.07) is 13.9. The maximum atomic E-state index is 11.9. The Labute approximate surface area is 140 Å². The second-order valence-corrected chi connectivity index (χ2v) is 5.05. The van der Waals surface area contributed by atoms with E-state index in [1.807, 2.05) is 24.3 Å². The first-order valence-corrected chi connectivity index (χ1v) is 7.49. The molecule has 0 unspecified atom stereocenters. The molecule has 2 aromatic carbocycles. The molecule has 0 spiro atoms. The SMILES string of the molecule is COCCOc1cccc(CC(=O)N/N=C/c2ccc(O)cc2)c1. The molecular weight excluding hydrogens is 308 g/mol. The van der Waals surface area contributed by atoms with Gasteiger partial charge in [0, 0.05) is 7.11 Å². The van der Waals surface area contributed by atoms with E-state index in [1.54, 1.807) is 31.4 Å². The summed E-state index contributed by atoms with van der Waals surface area (Å²) in [4.78, 5) is 11.9. The number of phenolic OH excluding ortho intramolecular Hbond substituents is 1.